The summed E-state index contributed by atoms with van der Waals surface area (Å²) < 4.78 is 34.0. The number of methoxy groups -OCH3 is 1. The van der Waals surface area contributed by atoms with Crippen molar-refractivity contribution in [3.05, 3.63) is 53.6 Å². The van der Waals surface area contributed by atoms with Crippen LogP contribution in [-0.4, -0.2) is 52.5 Å². The van der Waals surface area contributed by atoms with E-state index in [9.17, 15) is 13.2 Å². The van der Waals surface area contributed by atoms with E-state index in [1.54, 1.807) is 11.0 Å². The maximum atomic E-state index is 13.2. The van der Waals surface area contributed by atoms with Crippen LogP contribution in [0, 0.1) is 0 Å². The van der Waals surface area contributed by atoms with E-state index in [1.165, 1.54) is 19.2 Å². The molecule has 8 heteroatoms. The molecule has 0 saturated carbocycles. The Morgan fingerprint density at radius 2 is 1.64 bits per heavy atom. The number of benzene rings is 2. The van der Waals surface area contributed by atoms with Gasteiger partial charge in [0.1, 0.15) is 5.75 Å². The van der Waals surface area contributed by atoms with E-state index in [0.717, 1.165) is 50.0 Å². The second-order valence-electron chi connectivity index (χ2n) is 8.23. The Bertz CT molecular complexity index is 1030. The van der Waals surface area contributed by atoms with Crippen LogP contribution in [0.2, 0.25) is 0 Å². The Morgan fingerprint density at radius 3 is 2.21 bits per heavy atom. The summed E-state index contributed by atoms with van der Waals surface area (Å²) in [6.45, 7) is 7.57. The van der Waals surface area contributed by atoms with E-state index in [4.69, 9.17) is 4.74 Å². The Balaban J connectivity index is 1.76. The fraction of sp³-hybridized carbons (Fsp3) is 0.480. The van der Waals surface area contributed by atoms with Crippen molar-refractivity contribution in [2.24, 2.45) is 0 Å². The van der Waals surface area contributed by atoms with Gasteiger partial charge in [0.15, 0.2) is 0 Å². The SMILES string of the molecule is CCN(CC)c1ccc(CNS(=O)(=O)c2ccc(OC)c(C(=O)N3CCCCCC3)c2)cc1. The van der Waals surface area contributed by atoms with Gasteiger partial charge in [0.05, 0.1) is 17.6 Å². The van der Waals surface area contributed by atoms with Crippen LogP contribution in [0.1, 0.15) is 55.5 Å². The summed E-state index contributed by atoms with van der Waals surface area (Å²) in [5.41, 5.74) is 2.26. The van der Waals surface area contributed by atoms with Gasteiger partial charge >= 0.3 is 0 Å². The maximum Gasteiger partial charge on any atom is 0.257 e. The third-order valence-electron chi connectivity index (χ3n) is 6.14. The molecule has 0 spiro atoms. The molecule has 0 aromatic heterocycles. The van der Waals surface area contributed by atoms with Crippen LogP contribution < -0.4 is 14.4 Å². The molecule has 1 aliphatic rings. The first-order chi connectivity index (χ1) is 15.9. The zero-order chi connectivity index (χ0) is 23.8. The number of carbonyl (C=O) groups is 1. The summed E-state index contributed by atoms with van der Waals surface area (Å²) in [5.74, 6) is 0.202. The number of anilines is 1. The third-order valence-corrected chi connectivity index (χ3v) is 7.54. The fourth-order valence-electron chi connectivity index (χ4n) is 4.14. The smallest absolute Gasteiger partial charge is 0.257 e. The first-order valence-corrected chi connectivity index (χ1v) is 13.2. The number of carbonyl (C=O) groups excluding carboxylic acids is 1. The standard InChI is InChI=1S/C25H35N3O4S/c1-4-27(5-2)21-12-10-20(11-13-21)19-26-33(30,31)22-14-15-24(32-3)23(18-22)25(29)28-16-8-6-7-9-17-28/h10-15,18,26H,4-9,16-17,19H2,1-3H3. The van der Waals surface area contributed by atoms with Gasteiger partial charge in [-0.2, -0.15) is 0 Å². The minimum absolute atomic E-state index is 0.0567. The molecule has 1 saturated heterocycles. The molecule has 0 unspecified atom stereocenters. The summed E-state index contributed by atoms with van der Waals surface area (Å²) in [4.78, 5) is 17.2. The van der Waals surface area contributed by atoms with Crippen LogP contribution in [0.3, 0.4) is 0 Å². The number of ether oxygens (including phenoxy) is 1. The average Bonchev–Trinajstić information content (AvgIpc) is 3.13. The monoisotopic (exact) mass is 473 g/mol. The first kappa shape index (κ1) is 25.1. The van der Waals surface area contributed by atoms with Crippen molar-refractivity contribution in [3.8, 4) is 5.75 Å². The molecule has 1 amide bonds. The molecule has 0 radical (unpaired) electrons. The number of nitrogens with one attached hydrogen (secondary N) is 1. The van der Waals surface area contributed by atoms with Crippen molar-refractivity contribution in [2.45, 2.75) is 51.0 Å². The number of amides is 1. The fourth-order valence-corrected chi connectivity index (χ4v) is 5.18. The van der Waals surface area contributed by atoms with Crippen molar-refractivity contribution >= 4 is 21.6 Å². The molecular weight excluding hydrogens is 438 g/mol. The van der Waals surface area contributed by atoms with Crippen LogP contribution in [0.4, 0.5) is 5.69 Å². The number of sulfonamides is 1. The topological polar surface area (TPSA) is 79.0 Å². The van der Waals surface area contributed by atoms with E-state index in [2.05, 4.69) is 23.5 Å². The average molecular weight is 474 g/mol. The third kappa shape index (κ3) is 6.26. The van der Waals surface area contributed by atoms with Gasteiger partial charge in [-0.3, -0.25) is 4.79 Å². The van der Waals surface area contributed by atoms with Gasteiger partial charge in [-0.15, -0.1) is 0 Å². The van der Waals surface area contributed by atoms with Crippen LogP contribution in [0.15, 0.2) is 47.4 Å². The molecule has 33 heavy (non-hydrogen) atoms. The normalized spacial score (nSPS) is 14.6. The zero-order valence-electron chi connectivity index (χ0n) is 19.8. The summed E-state index contributed by atoms with van der Waals surface area (Å²) in [6.07, 6.45) is 4.13. The number of nitrogens with zero attached hydrogens (tertiary/aromatic N) is 2. The van der Waals surface area contributed by atoms with E-state index >= 15 is 0 Å². The Kier molecular flexibility index (Phi) is 8.74. The van der Waals surface area contributed by atoms with Crippen LogP contribution in [0.5, 0.6) is 5.75 Å². The molecule has 7 nitrogen and oxygen atoms in total. The first-order valence-electron chi connectivity index (χ1n) is 11.7. The predicted octanol–water partition coefficient (Wildman–Crippen LogP) is 4.04. The van der Waals surface area contributed by atoms with Crippen molar-refractivity contribution in [2.75, 3.05) is 38.2 Å². The van der Waals surface area contributed by atoms with Crippen molar-refractivity contribution in [3.63, 3.8) is 0 Å². The Morgan fingerprint density at radius 1 is 1.00 bits per heavy atom. The molecule has 1 fully saturated rings. The summed E-state index contributed by atoms with van der Waals surface area (Å²) in [7, 11) is -2.31. The van der Waals surface area contributed by atoms with Crippen molar-refractivity contribution in [1.82, 2.24) is 9.62 Å². The highest BCUT2D eigenvalue weighted by Crippen LogP contribution is 2.25. The minimum atomic E-state index is -3.80. The van der Waals surface area contributed by atoms with E-state index < -0.39 is 10.0 Å². The lowest BCUT2D eigenvalue weighted by Gasteiger charge is -2.22. The van der Waals surface area contributed by atoms with E-state index in [0.29, 0.717) is 18.8 Å². The highest BCUT2D eigenvalue weighted by molar-refractivity contribution is 7.89. The summed E-state index contributed by atoms with van der Waals surface area (Å²) >= 11 is 0. The molecule has 1 heterocycles. The largest absolute Gasteiger partial charge is 0.496 e. The second kappa shape index (κ2) is 11.5. The van der Waals surface area contributed by atoms with Crippen molar-refractivity contribution < 1.29 is 17.9 Å². The second-order valence-corrected chi connectivity index (χ2v) is 10.00. The molecule has 2 aromatic carbocycles. The number of hydrogen-bond acceptors (Lipinski definition) is 5. The van der Waals surface area contributed by atoms with Crippen LogP contribution in [0.25, 0.3) is 0 Å². The van der Waals surface area contributed by atoms with Gasteiger partial charge in [0, 0.05) is 38.4 Å². The van der Waals surface area contributed by atoms with Gasteiger partial charge < -0.3 is 14.5 Å². The van der Waals surface area contributed by atoms with Crippen molar-refractivity contribution in [1.29, 1.82) is 0 Å². The lowest BCUT2D eigenvalue weighted by atomic mass is 10.1. The molecule has 180 valence electrons. The quantitative estimate of drug-likeness (QED) is 0.595. The number of rotatable bonds is 9. The lowest BCUT2D eigenvalue weighted by Crippen LogP contribution is -2.32. The molecule has 0 atom stereocenters. The predicted molar refractivity (Wildman–Crippen MR) is 131 cm³/mol. The Hall–Kier alpha value is -2.58. The van der Waals surface area contributed by atoms with Gasteiger partial charge in [0.2, 0.25) is 10.0 Å². The van der Waals surface area contributed by atoms with Gasteiger partial charge in [-0.1, -0.05) is 25.0 Å². The molecule has 2 aromatic rings. The van der Waals surface area contributed by atoms with E-state index in [1.807, 2.05) is 24.3 Å². The molecule has 3 rings (SSSR count). The van der Waals surface area contributed by atoms with Gasteiger partial charge in [-0.25, -0.2) is 13.1 Å². The summed E-state index contributed by atoms with van der Waals surface area (Å²) in [5, 5.41) is 0. The molecule has 0 aliphatic carbocycles. The highest BCUT2D eigenvalue weighted by Gasteiger charge is 2.24. The van der Waals surface area contributed by atoms with Gasteiger partial charge in [-0.05, 0) is 62.6 Å². The number of likely N-dealkylation sites (tertiary alicyclic amines) is 1. The van der Waals surface area contributed by atoms with Gasteiger partial charge in [0.25, 0.3) is 5.91 Å². The maximum absolute atomic E-state index is 13.2. The van der Waals surface area contributed by atoms with Crippen LogP contribution >= 0.6 is 0 Å². The molecular formula is C25H35N3O4S. The molecule has 1 N–H and O–H groups in total. The number of hydrogen-bond donors (Lipinski definition) is 1. The highest BCUT2D eigenvalue weighted by atomic mass is 32.2. The minimum Gasteiger partial charge on any atom is -0.496 e. The Labute approximate surface area is 197 Å². The molecule has 1 aliphatic heterocycles. The molecule has 0 bridgehead atoms. The zero-order valence-corrected chi connectivity index (χ0v) is 20.7. The lowest BCUT2D eigenvalue weighted by molar-refractivity contribution is 0.0758. The van der Waals surface area contributed by atoms with E-state index in [-0.39, 0.29) is 22.9 Å². The summed E-state index contributed by atoms with van der Waals surface area (Å²) in [6, 6.07) is 12.3. The van der Waals surface area contributed by atoms with Crippen LogP contribution in [-0.2, 0) is 16.6 Å².